The molecule has 2 N–H and O–H groups in total. The molecule has 0 atom stereocenters. The van der Waals surface area contributed by atoms with Gasteiger partial charge in [0.1, 0.15) is 0 Å². The van der Waals surface area contributed by atoms with Gasteiger partial charge in [-0.2, -0.15) is 5.10 Å². The fourth-order valence-corrected chi connectivity index (χ4v) is 4.35. The summed E-state index contributed by atoms with van der Waals surface area (Å²) in [6.07, 6.45) is 0. The lowest BCUT2D eigenvalue weighted by molar-refractivity contribution is 0.0955. The first kappa shape index (κ1) is 25.1. The molecule has 0 saturated carbocycles. The molecule has 0 bridgehead atoms. The molecule has 5 aromatic rings. The largest absolute Gasteiger partial charge is 0.444 e. The molecule has 5 rings (SSSR count). The molecule has 0 saturated heterocycles. The van der Waals surface area contributed by atoms with Crippen molar-refractivity contribution >= 4 is 50.0 Å². The van der Waals surface area contributed by atoms with Crippen molar-refractivity contribution < 1.29 is 14.0 Å². The zero-order valence-electron chi connectivity index (χ0n) is 20.7. The second kappa shape index (κ2) is 10.8. The third-order valence-corrected chi connectivity index (χ3v) is 6.49. The Labute approximate surface area is 227 Å². The van der Waals surface area contributed by atoms with Gasteiger partial charge in [-0.1, -0.05) is 54.6 Å². The molecule has 8 heteroatoms. The maximum atomic E-state index is 13.3. The van der Waals surface area contributed by atoms with Crippen LogP contribution in [0.5, 0.6) is 0 Å². The van der Waals surface area contributed by atoms with Gasteiger partial charge in [-0.05, 0) is 77.3 Å². The number of hydrogen-bond donors (Lipinski definition) is 2. The zero-order chi connectivity index (χ0) is 26.6. The van der Waals surface area contributed by atoms with Crippen LogP contribution in [-0.4, -0.2) is 22.5 Å². The molecular formula is C30H23BrN4O3. The van der Waals surface area contributed by atoms with Gasteiger partial charge in [-0.15, -0.1) is 0 Å². The van der Waals surface area contributed by atoms with Gasteiger partial charge in [-0.25, -0.2) is 10.4 Å². The first-order valence-electron chi connectivity index (χ1n) is 11.9. The Bertz CT molecular complexity index is 1690. The van der Waals surface area contributed by atoms with Crippen LogP contribution >= 0.6 is 15.9 Å². The number of aromatic nitrogens is 1. The molecule has 0 unspecified atom stereocenters. The van der Waals surface area contributed by atoms with Gasteiger partial charge in [0.25, 0.3) is 11.8 Å². The van der Waals surface area contributed by atoms with E-state index in [1.165, 1.54) is 0 Å². The van der Waals surface area contributed by atoms with Crippen molar-refractivity contribution in [3.63, 3.8) is 0 Å². The van der Waals surface area contributed by atoms with Gasteiger partial charge >= 0.3 is 0 Å². The van der Waals surface area contributed by atoms with E-state index in [9.17, 15) is 9.59 Å². The van der Waals surface area contributed by atoms with Crippen LogP contribution in [0.15, 0.2) is 105 Å². The van der Waals surface area contributed by atoms with Crippen molar-refractivity contribution in [1.82, 2.24) is 10.4 Å². The molecule has 0 spiro atoms. The summed E-state index contributed by atoms with van der Waals surface area (Å²) in [4.78, 5) is 30.3. The lowest BCUT2D eigenvalue weighted by Gasteiger charge is -2.11. The van der Waals surface area contributed by atoms with E-state index in [1.54, 1.807) is 37.3 Å². The molecule has 38 heavy (non-hydrogen) atoms. The van der Waals surface area contributed by atoms with E-state index in [0.717, 1.165) is 33.3 Å². The number of anilines is 1. The predicted octanol–water partition coefficient (Wildman–Crippen LogP) is 6.97. The summed E-state index contributed by atoms with van der Waals surface area (Å²) >= 11 is 3.19. The van der Waals surface area contributed by atoms with Crippen molar-refractivity contribution in [1.29, 1.82) is 0 Å². The van der Waals surface area contributed by atoms with Gasteiger partial charge in [0, 0.05) is 16.6 Å². The molecule has 0 fully saturated rings. The zero-order valence-corrected chi connectivity index (χ0v) is 22.2. The second-order valence-corrected chi connectivity index (χ2v) is 9.44. The van der Waals surface area contributed by atoms with Gasteiger partial charge in [0.2, 0.25) is 0 Å². The topological polar surface area (TPSA) is 96.6 Å². The molecule has 0 radical (unpaired) electrons. The quantitative estimate of drug-likeness (QED) is 0.171. The molecule has 7 nitrogen and oxygen atoms in total. The number of pyridine rings is 1. The summed E-state index contributed by atoms with van der Waals surface area (Å²) < 4.78 is 5.76. The standard InChI is InChI=1S/C30H23BrN4O3/c1-18-7-3-4-8-22(18)26-17-24(23-9-5-6-10-25(23)33-26)29(36)35-34-19(2)20-11-13-21(14-12-20)32-30(37)27-15-16-28(31)38-27/h3-17H,1-2H3,(H,32,37)(H,35,36). The highest BCUT2D eigenvalue weighted by Gasteiger charge is 2.15. The summed E-state index contributed by atoms with van der Waals surface area (Å²) in [5.74, 6) is -0.474. The monoisotopic (exact) mass is 566 g/mol. The van der Waals surface area contributed by atoms with Crippen molar-refractivity contribution in [3.05, 3.63) is 118 Å². The number of fused-ring (bicyclic) bond motifs is 1. The Hall–Kier alpha value is -4.56. The number of hydrazone groups is 1. The van der Waals surface area contributed by atoms with Gasteiger partial charge in [-0.3, -0.25) is 9.59 Å². The first-order valence-corrected chi connectivity index (χ1v) is 12.7. The number of nitrogens with one attached hydrogen (secondary N) is 2. The van der Waals surface area contributed by atoms with Crippen LogP contribution in [-0.2, 0) is 0 Å². The maximum Gasteiger partial charge on any atom is 0.291 e. The number of carbonyl (C=O) groups excluding carboxylic acids is 2. The van der Waals surface area contributed by atoms with E-state index >= 15 is 0 Å². The van der Waals surface area contributed by atoms with Crippen LogP contribution in [0.1, 0.15) is 39.0 Å². The van der Waals surface area contributed by atoms with E-state index in [2.05, 4.69) is 31.8 Å². The van der Waals surface area contributed by atoms with Crippen molar-refractivity contribution in [2.24, 2.45) is 5.10 Å². The Balaban J connectivity index is 1.35. The van der Waals surface area contributed by atoms with Crippen LogP contribution in [0.2, 0.25) is 0 Å². The number of rotatable bonds is 6. The van der Waals surface area contributed by atoms with Crippen LogP contribution in [0.4, 0.5) is 5.69 Å². The van der Waals surface area contributed by atoms with E-state index in [4.69, 9.17) is 9.40 Å². The summed E-state index contributed by atoms with van der Waals surface area (Å²) in [6, 6.07) is 27.7. The SMILES string of the molecule is CC(=NNC(=O)c1cc(-c2ccccc2C)nc2ccccc12)c1ccc(NC(=O)c2ccc(Br)o2)cc1. The number of carbonyl (C=O) groups is 2. The molecule has 188 valence electrons. The van der Waals surface area contributed by atoms with Gasteiger partial charge < -0.3 is 9.73 Å². The minimum Gasteiger partial charge on any atom is -0.444 e. The number of benzene rings is 3. The Morgan fingerprint density at radius 1 is 0.895 bits per heavy atom. The molecular weight excluding hydrogens is 544 g/mol. The number of hydrogen-bond acceptors (Lipinski definition) is 5. The minimum atomic E-state index is -0.351. The predicted molar refractivity (Wildman–Crippen MR) is 152 cm³/mol. The first-order chi connectivity index (χ1) is 18.4. The van der Waals surface area contributed by atoms with Crippen LogP contribution in [0, 0.1) is 6.92 Å². The number of furan rings is 1. The number of amides is 2. The molecule has 2 amide bonds. The lowest BCUT2D eigenvalue weighted by Crippen LogP contribution is -2.20. The number of para-hydroxylation sites is 1. The molecule has 2 aromatic heterocycles. The minimum absolute atomic E-state index is 0.204. The average molecular weight is 567 g/mol. The number of aryl methyl sites for hydroxylation is 1. The third kappa shape index (κ3) is 5.40. The van der Waals surface area contributed by atoms with E-state index in [-0.39, 0.29) is 17.6 Å². The third-order valence-electron chi connectivity index (χ3n) is 6.06. The number of nitrogens with zero attached hydrogens (tertiary/aromatic N) is 2. The Morgan fingerprint density at radius 3 is 2.37 bits per heavy atom. The van der Waals surface area contributed by atoms with Crippen molar-refractivity contribution in [2.45, 2.75) is 13.8 Å². The van der Waals surface area contributed by atoms with Crippen LogP contribution in [0.3, 0.4) is 0 Å². The Morgan fingerprint density at radius 2 is 1.63 bits per heavy atom. The second-order valence-electron chi connectivity index (χ2n) is 8.66. The highest BCUT2D eigenvalue weighted by molar-refractivity contribution is 9.10. The summed E-state index contributed by atoms with van der Waals surface area (Å²) in [7, 11) is 0. The fraction of sp³-hybridized carbons (Fsp3) is 0.0667. The van der Waals surface area contributed by atoms with Crippen molar-refractivity contribution in [3.8, 4) is 11.3 Å². The maximum absolute atomic E-state index is 13.3. The normalized spacial score (nSPS) is 11.4. The highest BCUT2D eigenvalue weighted by atomic mass is 79.9. The van der Waals surface area contributed by atoms with E-state index in [1.807, 2.05) is 67.6 Å². The Kier molecular flexibility index (Phi) is 7.15. The molecule has 3 aromatic carbocycles. The van der Waals surface area contributed by atoms with Crippen LogP contribution < -0.4 is 10.7 Å². The molecule has 0 aliphatic heterocycles. The lowest BCUT2D eigenvalue weighted by atomic mass is 10.0. The van der Waals surface area contributed by atoms with Gasteiger partial charge in [0.15, 0.2) is 10.4 Å². The number of halogens is 1. The summed E-state index contributed by atoms with van der Waals surface area (Å²) in [6.45, 7) is 3.82. The van der Waals surface area contributed by atoms with E-state index < -0.39 is 0 Å². The van der Waals surface area contributed by atoms with Crippen molar-refractivity contribution in [2.75, 3.05) is 5.32 Å². The smallest absolute Gasteiger partial charge is 0.291 e. The van der Waals surface area contributed by atoms with Crippen LogP contribution in [0.25, 0.3) is 22.2 Å². The van der Waals surface area contributed by atoms with Gasteiger partial charge in [0.05, 0.1) is 22.5 Å². The molecule has 2 heterocycles. The molecule has 0 aliphatic carbocycles. The summed E-state index contributed by atoms with van der Waals surface area (Å²) in [5, 5.41) is 7.86. The summed E-state index contributed by atoms with van der Waals surface area (Å²) in [5.41, 5.74) is 8.71. The van der Waals surface area contributed by atoms with E-state index in [0.29, 0.717) is 21.6 Å². The highest BCUT2D eigenvalue weighted by Crippen LogP contribution is 2.27. The fourth-order valence-electron chi connectivity index (χ4n) is 4.04. The average Bonchev–Trinajstić information content (AvgIpc) is 3.38. The molecule has 0 aliphatic rings.